The zero-order chi connectivity index (χ0) is 20.3. The fraction of sp³-hybridized carbons (Fsp3) is 0.0870. The number of nitrogens with zero attached hydrogens (tertiary/aromatic N) is 6. The van der Waals surface area contributed by atoms with Gasteiger partial charge in [0.25, 0.3) is 5.56 Å². The van der Waals surface area contributed by atoms with Crippen LogP contribution in [0.4, 0.5) is 0 Å². The first-order valence-electron chi connectivity index (χ1n) is 9.60. The normalized spacial score (nSPS) is 11.1. The summed E-state index contributed by atoms with van der Waals surface area (Å²) in [6, 6.07) is 21.7. The van der Waals surface area contributed by atoms with Gasteiger partial charge in [-0.25, -0.2) is 14.6 Å². The Morgan fingerprint density at radius 1 is 0.833 bits per heavy atom. The summed E-state index contributed by atoms with van der Waals surface area (Å²) in [5.41, 5.74) is 4.00. The van der Waals surface area contributed by atoms with Crippen molar-refractivity contribution in [1.29, 1.82) is 0 Å². The second-order valence-electron chi connectivity index (χ2n) is 7.03. The molecular formula is C23H18N6O. The molecule has 0 bridgehead atoms. The highest BCUT2D eigenvalue weighted by molar-refractivity contribution is 5.79. The van der Waals surface area contributed by atoms with Gasteiger partial charge in [0.05, 0.1) is 24.7 Å². The third-order valence-electron chi connectivity index (χ3n) is 4.89. The second kappa shape index (κ2) is 7.71. The summed E-state index contributed by atoms with van der Waals surface area (Å²) in [7, 11) is 0. The fourth-order valence-electron chi connectivity index (χ4n) is 3.38. The van der Waals surface area contributed by atoms with E-state index < -0.39 is 0 Å². The van der Waals surface area contributed by atoms with Crippen LogP contribution in [0.25, 0.3) is 22.2 Å². The fourth-order valence-corrected chi connectivity index (χ4v) is 3.38. The molecule has 3 heterocycles. The third kappa shape index (κ3) is 3.60. The zero-order valence-corrected chi connectivity index (χ0v) is 16.1. The largest absolute Gasteiger partial charge is 0.292 e. The van der Waals surface area contributed by atoms with E-state index in [-0.39, 0.29) is 5.56 Å². The van der Waals surface area contributed by atoms with Crippen molar-refractivity contribution >= 4 is 11.0 Å². The number of hydrogen-bond donors (Lipinski definition) is 0. The number of fused-ring (bicyclic) bond motifs is 1. The molecule has 0 saturated heterocycles. The van der Waals surface area contributed by atoms with Crippen molar-refractivity contribution in [2.24, 2.45) is 0 Å². The van der Waals surface area contributed by atoms with Gasteiger partial charge >= 0.3 is 0 Å². The highest BCUT2D eigenvalue weighted by Gasteiger charge is 2.10. The Morgan fingerprint density at radius 3 is 2.40 bits per heavy atom. The van der Waals surface area contributed by atoms with E-state index in [1.807, 2.05) is 72.9 Å². The van der Waals surface area contributed by atoms with Crippen molar-refractivity contribution < 1.29 is 0 Å². The van der Waals surface area contributed by atoms with Crippen LogP contribution in [-0.2, 0) is 13.1 Å². The minimum Gasteiger partial charge on any atom is -0.292 e. The average Bonchev–Trinajstić information content (AvgIpc) is 3.23. The van der Waals surface area contributed by atoms with Crippen LogP contribution in [0.3, 0.4) is 0 Å². The van der Waals surface area contributed by atoms with E-state index in [9.17, 15) is 4.79 Å². The smallest absolute Gasteiger partial charge is 0.263 e. The highest BCUT2D eigenvalue weighted by atomic mass is 16.1. The molecule has 5 aromatic rings. The van der Waals surface area contributed by atoms with Gasteiger partial charge in [0.15, 0.2) is 5.65 Å². The van der Waals surface area contributed by atoms with E-state index in [0.29, 0.717) is 29.8 Å². The molecule has 3 aromatic heterocycles. The second-order valence-corrected chi connectivity index (χ2v) is 7.03. The van der Waals surface area contributed by atoms with E-state index in [1.54, 1.807) is 10.9 Å². The van der Waals surface area contributed by atoms with Gasteiger partial charge in [-0.05, 0) is 17.2 Å². The van der Waals surface area contributed by atoms with Crippen LogP contribution in [0.2, 0.25) is 0 Å². The Bertz CT molecular complexity index is 1360. The first kappa shape index (κ1) is 17.9. The van der Waals surface area contributed by atoms with Crippen molar-refractivity contribution in [3.8, 4) is 11.1 Å². The lowest BCUT2D eigenvalue weighted by Crippen LogP contribution is -2.21. The molecule has 0 radical (unpaired) electrons. The van der Waals surface area contributed by atoms with Gasteiger partial charge in [0, 0.05) is 11.8 Å². The molecule has 0 amide bonds. The molecule has 5 rings (SSSR count). The van der Waals surface area contributed by atoms with Gasteiger partial charge < -0.3 is 0 Å². The predicted octanol–water partition coefficient (Wildman–Crippen LogP) is 3.15. The van der Waals surface area contributed by atoms with Crippen LogP contribution in [-0.4, -0.2) is 29.5 Å². The van der Waals surface area contributed by atoms with E-state index in [0.717, 1.165) is 16.7 Å². The van der Waals surface area contributed by atoms with Crippen molar-refractivity contribution in [3.63, 3.8) is 0 Å². The number of hydrogen-bond acceptors (Lipinski definition) is 5. The van der Waals surface area contributed by atoms with Gasteiger partial charge in [-0.2, -0.15) is 0 Å². The minimum absolute atomic E-state index is 0.150. The van der Waals surface area contributed by atoms with Gasteiger partial charge in [0.1, 0.15) is 12.0 Å². The summed E-state index contributed by atoms with van der Waals surface area (Å²) < 4.78 is 3.30. The molecule has 0 fully saturated rings. The Morgan fingerprint density at radius 2 is 1.60 bits per heavy atom. The average molecular weight is 394 g/mol. The standard InChI is InChI=1S/C23H18N6O/c30-23-21-11-19(18-9-5-2-6-10-18)12-24-22(21)25-16-28(23)14-20-15-29(27-26-20)13-17-7-3-1-4-8-17/h1-12,15-16H,13-14H2. The van der Waals surface area contributed by atoms with E-state index >= 15 is 0 Å². The number of benzene rings is 2. The lowest BCUT2D eigenvalue weighted by Gasteiger charge is -2.06. The molecule has 2 aromatic carbocycles. The molecule has 30 heavy (non-hydrogen) atoms. The van der Waals surface area contributed by atoms with E-state index in [2.05, 4.69) is 20.3 Å². The molecule has 146 valence electrons. The maximum atomic E-state index is 13.0. The SMILES string of the molecule is O=c1c2cc(-c3ccccc3)cnc2ncn1Cc1cn(Cc2ccccc2)nn1. The van der Waals surface area contributed by atoms with Crippen LogP contribution in [0, 0.1) is 0 Å². The van der Waals surface area contributed by atoms with Gasteiger partial charge in [0.2, 0.25) is 0 Å². The molecule has 7 nitrogen and oxygen atoms in total. The van der Waals surface area contributed by atoms with Crippen molar-refractivity contribution in [2.75, 3.05) is 0 Å². The Kier molecular flexibility index (Phi) is 4.61. The summed E-state index contributed by atoms with van der Waals surface area (Å²) in [5, 5.41) is 8.86. The molecule has 0 spiro atoms. The third-order valence-corrected chi connectivity index (χ3v) is 4.89. The molecule has 0 N–H and O–H groups in total. The van der Waals surface area contributed by atoms with Crippen molar-refractivity contribution in [3.05, 3.63) is 107 Å². The quantitative estimate of drug-likeness (QED) is 0.458. The van der Waals surface area contributed by atoms with Gasteiger partial charge in [-0.3, -0.25) is 9.36 Å². The molecular weight excluding hydrogens is 376 g/mol. The topological polar surface area (TPSA) is 78.5 Å². The first-order valence-corrected chi connectivity index (χ1v) is 9.60. The summed E-state index contributed by atoms with van der Waals surface area (Å²) in [6.45, 7) is 0.926. The van der Waals surface area contributed by atoms with Crippen LogP contribution in [0.1, 0.15) is 11.3 Å². The molecule has 0 aliphatic heterocycles. The molecule has 0 saturated carbocycles. The predicted molar refractivity (Wildman–Crippen MR) is 114 cm³/mol. The molecule has 0 aliphatic rings. The lowest BCUT2D eigenvalue weighted by atomic mass is 10.1. The minimum atomic E-state index is -0.150. The summed E-state index contributed by atoms with van der Waals surface area (Å²) in [6.07, 6.45) is 5.10. The molecule has 0 atom stereocenters. The van der Waals surface area contributed by atoms with Crippen LogP contribution >= 0.6 is 0 Å². The van der Waals surface area contributed by atoms with Crippen LogP contribution in [0.15, 0.2) is 90.2 Å². The van der Waals surface area contributed by atoms with E-state index in [4.69, 9.17) is 0 Å². The number of aromatic nitrogens is 6. The number of pyridine rings is 1. The highest BCUT2D eigenvalue weighted by Crippen LogP contribution is 2.20. The molecule has 0 aliphatic carbocycles. The Hall–Kier alpha value is -4.13. The first-order chi connectivity index (χ1) is 14.8. The summed E-state index contributed by atoms with van der Waals surface area (Å²) >= 11 is 0. The van der Waals surface area contributed by atoms with Crippen LogP contribution < -0.4 is 5.56 Å². The Balaban J connectivity index is 1.43. The molecule has 7 heteroatoms. The van der Waals surface area contributed by atoms with Gasteiger partial charge in [-0.1, -0.05) is 65.9 Å². The van der Waals surface area contributed by atoms with Crippen molar-refractivity contribution in [2.45, 2.75) is 13.1 Å². The maximum absolute atomic E-state index is 13.0. The van der Waals surface area contributed by atoms with Crippen LogP contribution in [0.5, 0.6) is 0 Å². The van der Waals surface area contributed by atoms with E-state index in [1.165, 1.54) is 10.9 Å². The summed E-state index contributed by atoms with van der Waals surface area (Å²) in [4.78, 5) is 21.7. The maximum Gasteiger partial charge on any atom is 0.263 e. The monoisotopic (exact) mass is 394 g/mol. The molecule has 0 unspecified atom stereocenters. The van der Waals surface area contributed by atoms with Crippen molar-refractivity contribution in [1.82, 2.24) is 29.5 Å². The summed E-state index contributed by atoms with van der Waals surface area (Å²) in [5.74, 6) is 0. The zero-order valence-electron chi connectivity index (χ0n) is 16.1. The van der Waals surface area contributed by atoms with Gasteiger partial charge in [-0.15, -0.1) is 5.10 Å². The Labute approximate surface area is 172 Å². The number of rotatable bonds is 5. The lowest BCUT2D eigenvalue weighted by molar-refractivity contribution is 0.648.